The lowest BCUT2D eigenvalue weighted by atomic mass is 10.1. The summed E-state index contributed by atoms with van der Waals surface area (Å²) in [5.74, 6) is 0.976. The molecule has 1 amide bonds. The SMILES string of the molecule is Cc1csc(C(=O)N2CCO[C@@H](c3cccc(N(C)C)n3)C2)c1. The van der Waals surface area contributed by atoms with Crippen LogP contribution in [-0.4, -0.2) is 49.6 Å². The van der Waals surface area contributed by atoms with Crippen LogP contribution in [0.3, 0.4) is 0 Å². The fourth-order valence-corrected chi connectivity index (χ4v) is 3.44. The third kappa shape index (κ3) is 3.54. The number of hydrogen-bond donors (Lipinski definition) is 0. The summed E-state index contributed by atoms with van der Waals surface area (Å²) >= 11 is 1.50. The highest BCUT2D eigenvalue weighted by Gasteiger charge is 2.27. The Morgan fingerprint density at radius 3 is 2.96 bits per heavy atom. The predicted octanol–water partition coefficient (Wildman–Crippen LogP) is 2.73. The molecule has 3 rings (SSSR count). The van der Waals surface area contributed by atoms with Crippen molar-refractivity contribution >= 4 is 23.1 Å². The predicted molar refractivity (Wildman–Crippen MR) is 92.2 cm³/mol. The standard InChI is InChI=1S/C17H21N3O2S/c1-12-9-15(23-11-12)17(21)20-7-8-22-14(10-20)13-5-4-6-16(18-13)19(2)3/h4-6,9,11,14H,7-8,10H2,1-3H3/t14-/m1/s1. The summed E-state index contributed by atoms with van der Waals surface area (Å²) < 4.78 is 5.85. The summed E-state index contributed by atoms with van der Waals surface area (Å²) in [5, 5.41) is 2.01. The maximum atomic E-state index is 12.6. The fraction of sp³-hybridized carbons (Fsp3) is 0.412. The van der Waals surface area contributed by atoms with Gasteiger partial charge in [-0.15, -0.1) is 11.3 Å². The second-order valence-electron chi connectivity index (χ2n) is 5.91. The molecule has 0 radical (unpaired) electrons. The zero-order valence-corrected chi connectivity index (χ0v) is 14.5. The van der Waals surface area contributed by atoms with Crippen LogP contribution >= 0.6 is 11.3 Å². The van der Waals surface area contributed by atoms with Crippen LogP contribution in [0.25, 0.3) is 0 Å². The third-order valence-corrected chi connectivity index (χ3v) is 4.88. The molecule has 0 aromatic carbocycles. The molecule has 1 aliphatic heterocycles. The molecule has 0 N–H and O–H groups in total. The lowest BCUT2D eigenvalue weighted by Crippen LogP contribution is -2.42. The van der Waals surface area contributed by atoms with E-state index in [1.807, 2.05) is 60.5 Å². The lowest BCUT2D eigenvalue weighted by Gasteiger charge is -2.32. The van der Waals surface area contributed by atoms with Crippen LogP contribution in [0.2, 0.25) is 0 Å². The summed E-state index contributed by atoms with van der Waals surface area (Å²) in [4.78, 5) is 21.9. The molecule has 1 atom stereocenters. The van der Waals surface area contributed by atoms with E-state index in [-0.39, 0.29) is 12.0 Å². The van der Waals surface area contributed by atoms with Crippen molar-refractivity contribution in [1.29, 1.82) is 0 Å². The molecule has 2 aromatic rings. The number of rotatable bonds is 3. The highest BCUT2D eigenvalue weighted by atomic mass is 32.1. The second-order valence-corrected chi connectivity index (χ2v) is 6.83. The minimum absolute atomic E-state index is 0.0835. The average Bonchev–Trinajstić information content (AvgIpc) is 3.01. The first-order chi connectivity index (χ1) is 11.0. The molecular formula is C17H21N3O2S. The molecule has 3 heterocycles. The Balaban J connectivity index is 1.75. The molecule has 5 nitrogen and oxygen atoms in total. The number of carbonyl (C=O) groups excluding carboxylic acids is 1. The lowest BCUT2D eigenvalue weighted by molar-refractivity contribution is -0.0245. The van der Waals surface area contributed by atoms with E-state index in [0.717, 1.165) is 22.0 Å². The maximum absolute atomic E-state index is 12.6. The summed E-state index contributed by atoms with van der Waals surface area (Å²) in [7, 11) is 3.92. The molecule has 1 fully saturated rings. The molecule has 0 bridgehead atoms. The fourth-order valence-electron chi connectivity index (χ4n) is 2.58. The third-order valence-electron chi connectivity index (χ3n) is 3.84. The maximum Gasteiger partial charge on any atom is 0.264 e. The molecule has 1 aliphatic rings. The van der Waals surface area contributed by atoms with Crippen LogP contribution in [0.5, 0.6) is 0 Å². The van der Waals surface area contributed by atoms with Gasteiger partial charge in [0, 0.05) is 20.6 Å². The Hall–Kier alpha value is -1.92. The monoisotopic (exact) mass is 331 g/mol. The van der Waals surface area contributed by atoms with Crippen molar-refractivity contribution < 1.29 is 9.53 Å². The molecule has 0 saturated carbocycles. The Morgan fingerprint density at radius 1 is 1.43 bits per heavy atom. The molecule has 23 heavy (non-hydrogen) atoms. The van der Waals surface area contributed by atoms with Crippen LogP contribution in [0.15, 0.2) is 29.6 Å². The van der Waals surface area contributed by atoms with Gasteiger partial charge in [-0.3, -0.25) is 4.79 Å². The summed E-state index contributed by atoms with van der Waals surface area (Å²) in [6, 6.07) is 7.84. The van der Waals surface area contributed by atoms with Gasteiger partial charge in [0.2, 0.25) is 0 Å². The number of aromatic nitrogens is 1. The van der Waals surface area contributed by atoms with Crippen molar-refractivity contribution in [3.63, 3.8) is 0 Å². The first-order valence-electron chi connectivity index (χ1n) is 7.65. The van der Waals surface area contributed by atoms with E-state index in [9.17, 15) is 4.79 Å². The number of ether oxygens (including phenoxy) is 1. The Bertz CT molecular complexity index is 699. The number of morpholine rings is 1. The van der Waals surface area contributed by atoms with Gasteiger partial charge in [-0.2, -0.15) is 0 Å². The Labute approximate surface area is 140 Å². The number of thiophene rings is 1. The first-order valence-corrected chi connectivity index (χ1v) is 8.53. The minimum Gasteiger partial charge on any atom is -0.368 e. The van der Waals surface area contributed by atoms with E-state index in [2.05, 4.69) is 4.98 Å². The van der Waals surface area contributed by atoms with Crippen LogP contribution in [0.1, 0.15) is 27.0 Å². The first kappa shape index (κ1) is 16.0. The molecule has 122 valence electrons. The van der Waals surface area contributed by atoms with Gasteiger partial charge >= 0.3 is 0 Å². The number of nitrogens with zero attached hydrogens (tertiary/aromatic N) is 3. The van der Waals surface area contributed by atoms with Crippen molar-refractivity contribution in [2.45, 2.75) is 13.0 Å². The Kier molecular flexibility index (Phi) is 4.63. The molecule has 0 aliphatic carbocycles. The van der Waals surface area contributed by atoms with Crippen LogP contribution in [-0.2, 0) is 4.74 Å². The summed E-state index contributed by atoms with van der Waals surface area (Å²) in [6.07, 6.45) is -0.173. The normalized spacial score (nSPS) is 18.0. The highest BCUT2D eigenvalue weighted by Crippen LogP contribution is 2.25. The number of pyridine rings is 1. The average molecular weight is 331 g/mol. The summed E-state index contributed by atoms with van der Waals surface area (Å²) in [5.41, 5.74) is 2.00. The topological polar surface area (TPSA) is 45.7 Å². The van der Waals surface area contributed by atoms with Crippen molar-refractivity contribution in [2.24, 2.45) is 0 Å². The minimum atomic E-state index is -0.173. The van der Waals surface area contributed by atoms with Crippen LogP contribution in [0.4, 0.5) is 5.82 Å². The van der Waals surface area contributed by atoms with Crippen molar-refractivity contribution in [3.8, 4) is 0 Å². The van der Waals surface area contributed by atoms with E-state index < -0.39 is 0 Å². The van der Waals surface area contributed by atoms with Crippen molar-refractivity contribution in [2.75, 3.05) is 38.7 Å². The molecule has 0 spiro atoms. The van der Waals surface area contributed by atoms with Crippen LogP contribution < -0.4 is 4.90 Å². The second kappa shape index (κ2) is 6.68. The van der Waals surface area contributed by atoms with Gasteiger partial charge in [0.15, 0.2) is 0 Å². The number of anilines is 1. The molecule has 6 heteroatoms. The number of carbonyl (C=O) groups is 1. The van der Waals surface area contributed by atoms with Gasteiger partial charge in [-0.05, 0) is 36.1 Å². The molecule has 2 aromatic heterocycles. The molecule has 0 unspecified atom stereocenters. The highest BCUT2D eigenvalue weighted by molar-refractivity contribution is 7.12. The van der Waals surface area contributed by atoms with Crippen LogP contribution in [0, 0.1) is 6.92 Å². The Morgan fingerprint density at radius 2 is 2.26 bits per heavy atom. The van der Waals surface area contributed by atoms with Gasteiger partial charge in [0.25, 0.3) is 5.91 Å². The van der Waals surface area contributed by atoms with E-state index in [0.29, 0.717) is 19.7 Å². The largest absolute Gasteiger partial charge is 0.368 e. The zero-order chi connectivity index (χ0) is 16.4. The smallest absolute Gasteiger partial charge is 0.264 e. The van der Waals surface area contributed by atoms with Gasteiger partial charge < -0.3 is 14.5 Å². The van der Waals surface area contributed by atoms with Crippen molar-refractivity contribution in [3.05, 3.63) is 45.8 Å². The number of amides is 1. The summed E-state index contributed by atoms with van der Waals surface area (Å²) in [6.45, 7) is 3.71. The van der Waals surface area contributed by atoms with E-state index >= 15 is 0 Å². The van der Waals surface area contributed by atoms with Gasteiger partial charge in [-0.25, -0.2) is 4.98 Å². The zero-order valence-electron chi connectivity index (χ0n) is 13.7. The van der Waals surface area contributed by atoms with E-state index in [1.54, 1.807) is 0 Å². The quantitative estimate of drug-likeness (QED) is 0.867. The number of hydrogen-bond acceptors (Lipinski definition) is 5. The van der Waals surface area contributed by atoms with Gasteiger partial charge in [0.05, 0.1) is 23.7 Å². The van der Waals surface area contributed by atoms with E-state index in [4.69, 9.17) is 4.74 Å². The molecular weight excluding hydrogens is 310 g/mol. The van der Waals surface area contributed by atoms with Gasteiger partial charge in [-0.1, -0.05) is 6.07 Å². The van der Waals surface area contributed by atoms with Crippen molar-refractivity contribution in [1.82, 2.24) is 9.88 Å². The van der Waals surface area contributed by atoms with Gasteiger partial charge in [0.1, 0.15) is 11.9 Å². The molecule has 1 saturated heterocycles. The van der Waals surface area contributed by atoms with E-state index in [1.165, 1.54) is 11.3 Å². The number of aryl methyl sites for hydroxylation is 1.